The van der Waals surface area contributed by atoms with Gasteiger partial charge in [0, 0.05) is 12.0 Å². The molecule has 0 unspecified atom stereocenters. The van der Waals surface area contributed by atoms with Crippen LogP contribution in [0.4, 0.5) is 0 Å². The van der Waals surface area contributed by atoms with Crippen LogP contribution in [0.1, 0.15) is 6.92 Å². The lowest BCUT2D eigenvalue weighted by atomic mass is 10.1. The molecule has 0 aromatic carbocycles. The first-order valence-electron chi connectivity index (χ1n) is 3.35. The van der Waals surface area contributed by atoms with Crippen molar-refractivity contribution in [3.8, 4) is 0 Å². The third kappa shape index (κ3) is 0.932. The van der Waals surface area contributed by atoms with E-state index in [9.17, 15) is 0 Å². The molecule has 1 saturated carbocycles. The monoisotopic (exact) mass is 147 g/mol. The molecule has 5 atom stereocenters. The van der Waals surface area contributed by atoms with E-state index >= 15 is 0 Å². The smallest absolute Gasteiger partial charge is 0.108 e. The van der Waals surface area contributed by atoms with Crippen LogP contribution in [-0.2, 0) is 0 Å². The predicted molar refractivity (Wildman–Crippen MR) is 35.2 cm³/mol. The quantitative estimate of drug-likeness (QED) is 0.320. The second kappa shape index (κ2) is 2.47. The average molecular weight is 147 g/mol. The zero-order valence-corrected chi connectivity index (χ0v) is 5.81. The summed E-state index contributed by atoms with van der Waals surface area (Å²) in [5.41, 5.74) is 5.43. The summed E-state index contributed by atoms with van der Waals surface area (Å²) in [6.45, 7) is 1.70. The Balaban J connectivity index is 2.68. The van der Waals surface area contributed by atoms with E-state index in [0.717, 1.165) is 0 Å². The summed E-state index contributed by atoms with van der Waals surface area (Å²) in [7, 11) is 0. The number of aliphatic hydroxyl groups is 3. The van der Waals surface area contributed by atoms with Gasteiger partial charge in [0.2, 0.25) is 0 Å². The van der Waals surface area contributed by atoms with Crippen LogP contribution in [0.5, 0.6) is 0 Å². The van der Waals surface area contributed by atoms with Gasteiger partial charge in [0.15, 0.2) is 0 Å². The van der Waals surface area contributed by atoms with E-state index in [1.54, 1.807) is 6.92 Å². The van der Waals surface area contributed by atoms with Crippen molar-refractivity contribution in [2.75, 3.05) is 0 Å². The van der Waals surface area contributed by atoms with Crippen molar-refractivity contribution >= 4 is 0 Å². The van der Waals surface area contributed by atoms with Crippen LogP contribution in [-0.4, -0.2) is 39.7 Å². The van der Waals surface area contributed by atoms with Gasteiger partial charge in [-0.15, -0.1) is 0 Å². The third-order valence-corrected chi connectivity index (χ3v) is 2.24. The minimum absolute atomic E-state index is 0.231. The summed E-state index contributed by atoms with van der Waals surface area (Å²) in [4.78, 5) is 0. The van der Waals surface area contributed by atoms with E-state index < -0.39 is 24.4 Å². The number of hydrogen-bond donors (Lipinski definition) is 4. The number of hydrogen-bond acceptors (Lipinski definition) is 4. The highest BCUT2D eigenvalue weighted by Gasteiger charge is 2.44. The normalized spacial score (nSPS) is 55.5. The minimum atomic E-state index is -1.08. The molecule has 0 aliphatic heterocycles. The summed E-state index contributed by atoms with van der Waals surface area (Å²) >= 11 is 0. The van der Waals surface area contributed by atoms with E-state index in [0.29, 0.717) is 0 Å². The lowest BCUT2D eigenvalue weighted by Crippen LogP contribution is -2.37. The molecule has 0 saturated heterocycles. The molecule has 0 amide bonds. The molecule has 10 heavy (non-hydrogen) atoms. The van der Waals surface area contributed by atoms with Crippen molar-refractivity contribution in [3.05, 3.63) is 0 Å². The maximum atomic E-state index is 9.12. The van der Waals surface area contributed by atoms with Crippen LogP contribution in [0, 0.1) is 5.92 Å². The first-order chi connectivity index (χ1) is 4.55. The van der Waals surface area contributed by atoms with E-state index in [1.807, 2.05) is 0 Å². The Bertz CT molecular complexity index is 85.3. The molecule has 0 heterocycles. The van der Waals surface area contributed by atoms with E-state index in [-0.39, 0.29) is 5.92 Å². The molecule has 1 fully saturated rings. The largest absolute Gasteiger partial charge is 0.390 e. The summed E-state index contributed by atoms with van der Waals surface area (Å²) < 4.78 is 0. The van der Waals surface area contributed by atoms with Crippen LogP contribution in [0.2, 0.25) is 0 Å². The van der Waals surface area contributed by atoms with Crippen molar-refractivity contribution in [2.24, 2.45) is 11.7 Å². The van der Waals surface area contributed by atoms with E-state index in [4.69, 9.17) is 21.1 Å². The molecule has 0 aromatic heterocycles. The van der Waals surface area contributed by atoms with Gasteiger partial charge in [-0.25, -0.2) is 0 Å². The molecule has 0 aromatic rings. The lowest BCUT2D eigenvalue weighted by molar-refractivity contribution is -0.0257. The fourth-order valence-electron chi connectivity index (χ4n) is 1.28. The Labute approximate surface area is 59.3 Å². The molecular formula is C6H13NO3. The van der Waals surface area contributed by atoms with Crippen LogP contribution < -0.4 is 5.73 Å². The third-order valence-electron chi connectivity index (χ3n) is 2.24. The van der Waals surface area contributed by atoms with Gasteiger partial charge in [-0.3, -0.25) is 0 Å². The summed E-state index contributed by atoms with van der Waals surface area (Å²) in [6, 6.07) is -0.509. The standard InChI is InChI=1S/C6H13NO3/c1-2-3(7)5(9)6(10)4(2)8/h2-6,8-10H,7H2,1H3/t2-,3-,4+,5-,6+/m0/s1. The van der Waals surface area contributed by atoms with Gasteiger partial charge in [-0.2, -0.15) is 0 Å². The van der Waals surface area contributed by atoms with Gasteiger partial charge in [0.05, 0.1) is 12.2 Å². The summed E-state index contributed by atoms with van der Waals surface area (Å²) in [6.07, 6.45) is -2.94. The number of aliphatic hydroxyl groups excluding tert-OH is 3. The van der Waals surface area contributed by atoms with Crippen LogP contribution >= 0.6 is 0 Å². The highest BCUT2D eigenvalue weighted by atomic mass is 16.4. The zero-order chi connectivity index (χ0) is 7.89. The molecule has 0 bridgehead atoms. The number of nitrogens with two attached hydrogens (primary N) is 1. The zero-order valence-electron chi connectivity index (χ0n) is 5.81. The Morgan fingerprint density at radius 3 is 1.60 bits per heavy atom. The Morgan fingerprint density at radius 1 is 1.00 bits per heavy atom. The maximum absolute atomic E-state index is 9.12. The van der Waals surface area contributed by atoms with Gasteiger partial charge in [0.25, 0.3) is 0 Å². The average Bonchev–Trinajstić information content (AvgIpc) is 2.07. The van der Waals surface area contributed by atoms with Crippen LogP contribution in [0.25, 0.3) is 0 Å². The van der Waals surface area contributed by atoms with E-state index in [1.165, 1.54) is 0 Å². The highest BCUT2D eigenvalue weighted by Crippen LogP contribution is 2.24. The fourth-order valence-corrected chi connectivity index (χ4v) is 1.28. The second-order valence-electron chi connectivity index (χ2n) is 2.91. The van der Waals surface area contributed by atoms with Crippen molar-refractivity contribution in [1.82, 2.24) is 0 Å². The first kappa shape index (κ1) is 7.94. The summed E-state index contributed by atoms with van der Waals surface area (Å²) in [5, 5.41) is 27.2. The first-order valence-corrected chi connectivity index (χ1v) is 3.35. The Hall–Kier alpha value is -0.160. The van der Waals surface area contributed by atoms with E-state index in [2.05, 4.69) is 0 Å². The number of rotatable bonds is 0. The lowest BCUT2D eigenvalue weighted by Gasteiger charge is -2.12. The molecule has 60 valence electrons. The van der Waals surface area contributed by atoms with Crippen molar-refractivity contribution < 1.29 is 15.3 Å². The molecule has 4 nitrogen and oxygen atoms in total. The molecule has 5 N–H and O–H groups in total. The molecule has 4 heteroatoms. The predicted octanol–water partition coefficient (Wildman–Crippen LogP) is -1.95. The topological polar surface area (TPSA) is 86.7 Å². The van der Waals surface area contributed by atoms with Gasteiger partial charge in [0.1, 0.15) is 6.10 Å². The SMILES string of the molecule is C[C@H]1[C@H](N)[C@H](O)[C@H](O)[C@@H]1O. The van der Waals surface area contributed by atoms with Crippen molar-refractivity contribution in [2.45, 2.75) is 31.3 Å². The highest BCUT2D eigenvalue weighted by molar-refractivity contribution is 4.98. The Morgan fingerprint density at radius 2 is 1.50 bits per heavy atom. The molecule has 1 rings (SSSR count). The van der Waals surface area contributed by atoms with Crippen molar-refractivity contribution in [3.63, 3.8) is 0 Å². The molecule has 1 aliphatic rings. The molecule has 1 aliphatic carbocycles. The Kier molecular flexibility index (Phi) is 1.96. The molecular weight excluding hydrogens is 134 g/mol. The molecule has 0 radical (unpaired) electrons. The summed E-state index contributed by atoms with van der Waals surface area (Å²) in [5.74, 6) is -0.231. The van der Waals surface area contributed by atoms with Crippen molar-refractivity contribution in [1.29, 1.82) is 0 Å². The van der Waals surface area contributed by atoms with Crippen LogP contribution in [0.3, 0.4) is 0 Å². The minimum Gasteiger partial charge on any atom is -0.390 e. The van der Waals surface area contributed by atoms with Gasteiger partial charge >= 0.3 is 0 Å². The second-order valence-corrected chi connectivity index (χ2v) is 2.91. The molecule has 0 spiro atoms. The van der Waals surface area contributed by atoms with Crippen LogP contribution in [0.15, 0.2) is 0 Å². The van der Waals surface area contributed by atoms with Gasteiger partial charge in [-0.05, 0) is 0 Å². The fraction of sp³-hybridized carbons (Fsp3) is 1.00. The van der Waals surface area contributed by atoms with Gasteiger partial charge < -0.3 is 21.1 Å². The maximum Gasteiger partial charge on any atom is 0.108 e. The van der Waals surface area contributed by atoms with Gasteiger partial charge in [-0.1, -0.05) is 6.92 Å².